The summed E-state index contributed by atoms with van der Waals surface area (Å²) in [5.74, 6) is 0.762. The molecule has 0 saturated heterocycles. The first kappa shape index (κ1) is 51.5. The Balaban J connectivity index is 0.924. The van der Waals surface area contributed by atoms with Gasteiger partial charge in [-0.3, -0.25) is 9.35 Å². The number of rotatable bonds is 18. The van der Waals surface area contributed by atoms with Crippen LogP contribution in [0, 0.1) is 0 Å². The van der Waals surface area contributed by atoms with Crippen LogP contribution in [0.1, 0.15) is 82.1 Å². The highest BCUT2D eigenvalue weighted by molar-refractivity contribution is 7.89. The average Bonchev–Trinajstić information content (AvgIpc) is 3.69. The third kappa shape index (κ3) is 11.6. The van der Waals surface area contributed by atoms with E-state index in [9.17, 15) is 26.2 Å². The number of allylic oxidation sites excluding steroid dienone is 9. The number of hydrogen-bond acceptors (Lipinski definition) is 8. The molecule has 0 spiro atoms. The Morgan fingerprint density at radius 1 is 0.814 bits per heavy atom. The zero-order chi connectivity index (χ0) is 50.6. The first-order valence-electron chi connectivity index (χ1n) is 23.6. The van der Waals surface area contributed by atoms with Gasteiger partial charge in [0.1, 0.15) is 26.4 Å². The molecule has 1 aliphatic carbocycles. The number of unbranched alkanes of at least 4 members (excludes halogenated alkanes) is 2. The Labute approximate surface area is 414 Å². The van der Waals surface area contributed by atoms with Crippen LogP contribution in [0.3, 0.4) is 0 Å². The molecule has 0 aromatic heterocycles. The molecule has 0 atom stereocenters. The van der Waals surface area contributed by atoms with Gasteiger partial charge < -0.3 is 20.3 Å². The Hall–Kier alpha value is -6.39. The van der Waals surface area contributed by atoms with Gasteiger partial charge in [0, 0.05) is 85.8 Å². The van der Waals surface area contributed by atoms with E-state index in [0.717, 1.165) is 86.2 Å². The highest BCUT2D eigenvalue weighted by Crippen LogP contribution is 2.45. The maximum absolute atomic E-state index is 12.9. The van der Waals surface area contributed by atoms with Crippen LogP contribution in [-0.2, 0) is 35.8 Å². The zero-order valence-corrected chi connectivity index (χ0v) is 43.0. The van der Waals surface area contributed by atoms with Crippen molar-refractivity contribution in [3.63, 3.8) is 0 Å². The molecular weight excluding hydrogens is 921 g/mol. The van der Waals surface area contributed by atoms with Crippen LogP contribution in [-0.4, -0.2) is 95.8 Å². The molecule has 0 radical (unpaired) electrons. The first-order chi connectivity index (χ1) is 33.0. The number of primary sulfonamides is 1. The van der Waals surface area contributed by atoms with Crippen molar-refractivity contribution >= 4 is 60.1 Å². The van der Waals surface area contributed by atoms with Crippen LogP contribution in [0.5, 0.6) is 5.75 Å². The number of nitrogens with one attached hydrogen (secondary N) is 2. The van der Waals surface area contributed by atoms with Gasteiger partial charge in [0.25, 0.3) is 10.1 Å². The Morgan fingerprint density at radius 3 is 2.09 bits per heavy atom. The van der Waals surface area contributed by atoms with Gasteiger partial charge in [-0.2, -0.15) is 13.0 Å². The van der Waals surface area contributed by atoms with Crippen LogP contribution < -0.4 is 25.4 Å². The quantitative estimate of drug-likeness (QED) is 0.0432. The van der Waals surface area contributed by atoms with Gasteiger partial charge in [0.05, 0.1) is 21.8 Å². The number of nitrogens with two attached hydrogens (primary N) is 1. The van der Waals surface area contributed by atoms with Gasteiger partial charge in [0.15, 0.2) is 11.4 Å². The maximum atomic E-state index is 12.9. The highest BCUT2D eigenvalue weighted by atomic mass is 32.2. The zero-order valence-electron chi connectivity index (χ0n) is 41.4. The van der Waals surface area contributed by atoms with E-state index >= 15 is 0 Å². The molecule has 3 aliphatic rings. The van der Waals surface area contributed by atoms with Crippen molar-refractivity contribution in [3.05, 3.63) is 161 Å². The fourth-order valence-corrected chi connectivity index (χ4v) is 10.2. The molecule has 7 rings (SSSR count). The molecule has 0 fully saturated rings. The van der Waals surface area contributed by atoms with Gasteiger partial charge in [-0.1, -0.05) is 44.2 Å². The summed E-state index contributed by atoms with van der Waals surface area (Å²) in [5, 5.41) is 12.0. The standard InChI is InChI=1S/C55H64N6O7S2/c1-54(2)46-37-45(70(65,66)67)29-31-48(46)58-50(54)14-12-15-51-55(3,4)47-36-44(69(56,63)64)30-32-49(47)61(51)34-11-9-10-16-52(62)57-33-13-35-68-43-27-21-40(22-28-43)53(38-17-23-41(24-18-38)59(5)6)39-19-25-42(26-20-39)60(7)8/h12,14-15,17-32,36-37H,9-11,13,16,33-35H2,1-8H3,(H3-,56,57,62,63,64,65,66,67)/p+2. The number of nitrogens with zero attached hydrogens (tertiary/aromatic N) is 3. The SMILES string of the molecule is CN(C)c1ccc(C(=C2C=CC(=[N+](C)C)C=C2)c2ccc(OCCCNC(=O)CCCCC[N+]3=C(/C=C/C=C4/Nc5ccc(S(=O)(=O)O)cc5C4(C)C)C(C)(C)c4cc(S(N)(=O)=O)ccc43)cc2)cc1. The average molecular weight is 987 g/mol. The summed E-state index contributed by atoms with van der Waals surface area (Å²) >= 11 is 0. The van der Waals surface area contributed by atoms with E-state index in [4.69, 9.17) is 9.88 Å². The molecule has 70 heavy (non-hydrogen) atoms. The molecule has 0 bridgehead atoms. The number of hydrogen-bond donors (Lipinski definition) is 4. The lowest BCUT2D eigenvalue weighted by molar-refractivity contribution is -0.462. The smallest absolute Gasteiger partial charge is 0.294 e. The number of fused-ring (bicyclic) bond motifs is 2. The summed E-state index contributed by atoms with van der Waals surface area (Å²) in [6.45, 7) is 9.67. The fraction of sp³-hybridized carbons (Fsp3) is 0.327. The Kier molecular flexibility index (Phi) is 15.4. The minimum absolute atomic E-state index is 0.00384. The number of anilines is 2. The van der Waals surface area contributed by atoms with Crippen molar-refractivity contribution in [2.45, 2.75) is 80.4 Å². The van der Waals surface area contributed by atoms with Gasteiger partial charge in [0.2, 0.25) is 21.6 Å². The summed E-state index contributed by atoms with van der Waals surface area (Å²) in [7, 11) is -0.152. The van der Waals surface area contributed by atoms with Crippen LogP contribution in [0.4, 0.5) is 17.1 Å². The molecule has 4 aromatic rings. The topological polar surface area (TPSA) is 174 Å². The third-order valence-corrected chi connectivity index (χ3v) is 15.1. The van der Waals surface area contributed by atoms with Crippen molar-refractivity contribution < 1.29 is 40.1 Å². The van der Waals surface area contributed by atoms with E-state index in [1.54, 1.807) is 18.2 Å². The molecule has 2 heterocycles. The number of amides is 1. The third-order valence-electron chi connectivity index (χ3n) is 13.3. The first-order valence-corrected chi connectivity index (χ1v) is 26.6. The van der Waals surface area contributed by atoms with Crippen molar-refractivity contribution in [3.8, 4) is 5.75 Å². The molecule has 368 valence electrons. The normalized spacial score (nSPS) is 16.4. The second kappa shape index (κ2) is 20.9. The number of carbonyl (C=O) groups is 1. The van der Waals surface area contributed by atoms with Crippen LogP contribution >= 0.6 is 0 Å². The summed E-state index contributed by atoms with van der Waals surface area (Å²) in [6, 6.07) is 26.3. The van der Waals surface area contributed by atoms with Crippen molar-refractivity contribution in [1.29, 1.82) is 0 Å². The van der Waals surface area contributed by atoms with Gasteiger partial charge in [-0.15, -0.1) is 0 Å². The number of benzene rings is 4. The fourth-order valence-electron chi connectivity index (χ4n) is 9.20. The second-order valence-electron chi connectivity index (χ2n) is 19.4. The highest BCUT2D eigenvalue weighted by Gasteiger charge is 2.45. The molecule has 5 N–H and O–H groups in total. The minimum Gasteiger partial charge on any atom is -0.494 e. The Morgan fingerprint density at radius 2 is 1.46 bits per heavy atom. The predicted octanol–water partition coefficient (Wildman–Crippen LogP) is 8.65. The molecule has 0 saturated carbocycles. The molecule has 15 heteroatoms. The lowest BCUT2D eigenvalue weighted by atomic mass is 9.81. The predicted molar refractivity (Wildman–Crippen MR) is 281 cm³/mol. The number of carbonyl (C=O) groups excluding carboxylic acids is 1. The van der Waals surface area contributed by atoms with E-state index in [-0.39, 0.29) is 15.7 Å². The van der Waals surface area contributed by atoms with Crippen molar-refractivity contribution in [2.24, 2.45) is 5.14 Å². The lowest BCUT2D eigenvalue weighted by Gasteiger charge is -2.20. The molecule has 4 aromatic carbocycles. The molecular formula is C55H66N6O7S2+2. The summed E-state index contributed by atoms with van der Waals surface area (Å²) in [6.07, 6.45) is 17.9. The van der Waals surface area contributed by atoms with E-state index < -0.39 is 31.0 Å². The summed E-state index contributed by atoms with van der Waals surface area (Å²) < 4.78 is 68.6. The van der Waals surface area contributed by atoms with E-state index in [1.165, 1.54) is 18.2 Å². The lowest BCUT2D eigenvalue weighted by Crippen LogP contribution is -2.28. The van der Waals surface area contributed by atoms with Crippen molar-refractivity contribution in [1.82, 2.24) is 5.32 Å². The molecule has 0 unspecified atom stereocenters. The summed E-state index contributed by atoms with van der Waals surface area (Å²) in [4.78, 5) is 14.8. The van der Waals surface area contributed by atoms with Crippen molar-refractivity contribution in [2.75, 3.05) is 58.1 Å². The monoisotopic (exact) mass is 986 g/mol. The van der Waals surface area contributed by atoms with Crippen LogP contribution in [0.15, 0.2) is 149 Å². The van der Waals surface area contributed by atoms with Gasteiger partial charge >= 0.3 is 0 Å². The van der Waals surface area contributed by atoms with E-state index in [0.29, 0.717) is 39.0 Å². The maximum Gasteiger partial charge on any atom is 0.294 e. The minimum atomic E-state index is -4.37. The van der Waals surface area contributed by atoms with Crippen LogP contribution in [0.25, 0.3) is 5.57 Å². The number of sulfonamides is 1. The largest absolute Gasteiger partial charge is 0.494 e. The number of ether oxygens (including phenoxy) is 1. The Bertz CT molecular complexity index is 3100. The van der Waals surface area contributed by atoms with E-state index in [2.05, 4.69) is 99.2 Å². The molecule has 2 aliphatic heterocycles. The van der Waals surface area contributed by atoms with E-state index in [1.807, 2.05) is 72.4 Å². The van der Waals surface area contributed by atoms with Gasteiger partial charge in [-0.25, -0.2) is 18.1 Å². The molecule has 13 nitrogen and oxygen atoms in total. The van der Waals surface area contributed by atoms with Gasteiger partial charge in [-0.05, 0) is 134 Å². The second-order valence-corrected chi connectivity index (χ2v) is 22.4. The van der Waals surface area contributed by atoms with Crippen LogP contribution in [0.2, 0.25) is 0 Å². The summed E-state index contributed by atoms with van der Waals surface area (Å²) in [5.41, 5.74) is 10.6. The molecule has 1 amide bonds.